The van der Waals surface area contributed by atoms with Gasteiger partial charge in [-0.1, -0.05) is 41.2 Å². The van der Waals surface area contributed by atoms with E-state index >= 15 is 0 Å². The van der Waals surface area contributed by atoms with Crippen LogP contribution in [0.3, 0.4) is 0 Å². The third-order valence-electron chi connectivity index (χ3n) is 2.35. The van der Waals surface area contributed by atoms with Crippen LogP contribution in [-0.4, -0.2) is 27.0 Å². The molecule has 0 aliphatic rings. The average molecular weight is 276 g/mol. The van der Waals surface area contributed by atoms with Crippen molar-refractivity contribution in [3.8, 4) is 10.6 Å². The molecule has 2 aromatic rings. The highest BCUT2D eigenvalue weighted by molar-refractivity contribution is 7.18. The van der Waals surface area contributed by atoms with Crippen molar-refractivity contribution < 1.29 is 9.90 Å². The Morgan fingerprint density at radius 1 is 1.32 bits per heavy atom. The molecule has 0 atom stereocenters. The van der Waals surface area contributed by atoms with Crippen molar-refractivity contribution in [2.45, 2.75) is 13.8 Å². The van der Waals surface area contributed by atoms with Gasteiger partial charge in [0.2, 0.25) is 5.13 Å². The summed E-state index contributed by atoms with van der Waals surface area (Å²) >= 11 is 1.31. The lowest BCUT2D eigenvalue weighted by molar-refractivity contribution is -0.129. The molecule has 2 rings (SSSR count). The number of nitrogens with one attached hydrogen (secondary N) is 1. The first-order chi connectivity index (χ1) is 9.06. The van der Waals surface area contributed by atoms with Crippen molar-refractivity contribution in [1.29, 1.82) is 0 Å². The summed E-state index contributed by atoms with van der Waals surface area (Å²) in [5.74, 6) is -1.07. The molecule has 6 nitrogen and oxygen atoms in total. The topological polar surface area (TPSA) is 87.5 Å². The van der Waals surface area contributed by atoms with E-state index in [0.717, 1.165) is 10.6 Å². The lowest BCUT2D eigenvalue weighted by Crippen LogP contribution is -2.10. The molecule has 0 bridgehead atoms. The number of hydrogen-bond acceptors (Lipinski definition) is 6. The number of hydrazone groups is 1. The Bertz CT molecular complexity index is 619. The number of anilines is 1. The molecule has 1 heterocycles. The number of aliphatic carboxylic acids is 1. The molecular weight excluding hydrogens is 264 g/mol. The normalized spacial score (nSPS) is 11.4. The van der Waals surface area contributed by atoms with E-state index in [-0.39, 0.29) is 5.71 Å². The van der Waals surface area contributed by atoms with Gasteiger partial charge in [-0.2, -0.15) is 5.10 Å². The van der Waals surface area contributed by atoms with E-state index < -0.39 is 5.97 Å². The van der Waals surface area contributed by atoms with E-state index in [9.17, 15) is 4.79 Å². The summed E-state index contributed by atoms with van der Waals surface area (Å²) in [7, 11) is 0. The van der Waals surface area contributed by atoms with Crippen LogP contribution in [0.5, 0.6) is 0 Å². The maximum Gasteiger partial charge on any atom is 0.351 e. The molecule has 0 spiro atoms. The van der Waals surface area contributed by atoms with Gasteiger partial charge >= 0.3 is 5.97 Å². The van der Waals surface area contributed by atoms with Crippen molar-refractivity contribution in [3.05, 3.63) is 29.8 Å². The molecule has 19 heavy (non-hydrogen) atoms. The highest BCUT2D eigenvalue weighted by atomic mass is 32.1. The Balaban J connectivity index is 2.13. The van der Waals surface area contributed by atoms with Crippen molar-refractivity contribution in [2.24, 2.45) is 5.10 Å². The fourth-order valence-electron chi connectivity index (χ4n) is 1.26. The first-order valence-corrected chi connectivity index (χ1v) is 6.32. The molecule has 7 heteroatoms. The Labute approximate surface area is 113 Å². The molecule has 0 radical (unpaired) electrons. The number of aryl methyl sites for hydroxylation is 1. The van der Waals surface area contributed by atoms with Crippen LogP contribution in [0.4, 0.5) is 5.13 Å². The van der Waals surface area contributed by atoms with Gasteiger partial charge in [-0.15, -0.1) is 10.2 Å². The van der Waals surface area contributed by atoms with E-state index in [0.29, 0.717) is 5.13 Å². The van der Waals surface area contributed by atoms with Gasteiger partial charge in [0.05, 0.1) is 0 Å². The fraction of sp³-hybridized carbons (Fsp3) is 0.167. The highest BCUT2D eigenvalue weighted by Gasteiger charge is 2.07. The van der Waals surface area contributed by atoms with Gasteiger partial charge in [0.1, 0.15) is 10.7 Å². The number of rotatable bonds is 4. The third-order valence-corrected chi connectivity index (χ3v) is 3.23. The second kappa shape index (κ2) is 5.57. The number of carboxylic acids is 1. The molecule has 0 aliphatic heterocycles. The maximum absolute atomic E-state index is 10.6. The molecule has 0 aliphatic carbocycles. The van der Waals surface area contributed by atoms with E-state index in [2.05, 4.69) is 20.7 Å². The summed E-state index contributed by atoms with van der Waals surface area (Å²) in [5.41, 5.74) is 4.69. The standard InChI is InChI=1S/C12H12N4O2S/c1-7-3-5-9(6-4-7)10-14-16-12(19-10)15-13-8(2)11(17)18/h3-6H,1-2H3,(H,15,16)(H,17,18)/b13-8+. The van der Waals surface area contributed by atoms with Crippen LogP contribution in [0.25, 0.3) is 10.6 Å². The predicted molar refractivity (Wildman–Crippen MR) is 74.4 cm³/mol. The van der Waals surface area contributed by atoms with Crippen molar-refractivity contribution in [3.63, 3.8) is 0 Å². The second-order valence-electron chi connectivity index (χ2n) is 3.89. The number of benzene rings is 1. The van der Waals surface area contributed by atoms with Crippen molar-refractivity contribution in [2.75, 3.05) is 5.43 Å². The zero-order valence-corrected chi connectivity index (χ0v) is 11.2. The predicted octanol–water partition coefficient (Wildman–Crippen LogP) is 2.39. The minimum atomic E-state index is -1.07. The summed E-state index contributed by atoms with van der Waals surface area (Å²) in [6.45, 7) is 3.41. The molecule has 0 unspecified atom stereocenters. The van der Waals surface area contributed by atoms with Gasteiger partial charge in [-0.3, -0.25) is 5.43 Å². The van der Waals surface area contributed by atoms with Gasteiger partial charge in [0.15, 0.2) is 0 Å². The van der Waals surface area contributed by atoms with Crippen molar-refractivity contribution in [1.82, 2.24) is 10.2 Å². The molecule has 0 saturated heterocycles. The SMILES string of the molecule is C/C(=N\Nc1nnc(-c2ccc(C)cc2)s1)C(=O)O. The van der Waals surface area contributed by atoms with E-state index in [4.69, 9.17) is 5.11 Å². The first kappa shape index (κ1) is 13.2. The molecule has 98 valence electrons. The van der Waals surface area contributed by atoms with Crippen LogP contribution < -0.4 is 5.43 Å². The van der Waals surface area contributed by atoms with Crippen molar-refractivity contribution >= 4 is 28.1 Å². The molecule has 0 saturated carbocycles. The molecule has 0 fully saturated rings. The summed E-state index contributed by atoms with van der Waals surface area (Å²) in [6, 6.07) is 7.92. The maximum atomic E-state index is 10.6. The van der Waals surface area contributed by atoms with Crippen LogP contribution in [0.15, 0.2) is 29.4 Å². The Hall–Kier alpha value is -2.28. The van der Waals surface area contributed by atoms with E-state index in [1.165, 1.54) is 23.8 Å². The quantitative estimate of drug-likeness (QED) is 0.661. The van der Waals surface area contributed by atoms with Gasteiger partial charge in [-0.25, -0.2) is 4.79 Å². The van der Waals surface area contributed by atoms with Crippen LogP contribution in [0.2, 0.25) is 0 Å². The third kappa shape index (κ3) is 3.35. The first-order valence-electron chi connectivity index (χ1n) is 5.50. The summed E-state index contributed by atoms with van der Waals surface area (Å²) in [4.78, 5) is 10.6. The summed E-state index contributed by atoms with van der Waals surface area (Å²) in [5, 5.41) is 21.5. The highest BCUT2D eigenvalue weighted by Crippen LogP contribution is 2.26. The molecular formula is C12H12N4O2S. The van der Waals surface area contributed by atoms with Crippen LogP contribution in [0.1, 0.15) is 12.5 Å². The molecule has 2 N–H and O–H groups in total. The van der Waals surface area contributed by atoms with Crippen LogP contribution in [-0.2, 0) is 4.79 Å². The smallest absolute Gasteiger partial charge is 0.351 e. The zero-order valence-electron chi connectivity index (χ0n) is 10.4. The molecule has 0 amide bonds. The summed E-state index contributed by atoms with van der Waals surface area (Å²) < 4.78 is 0. The van der Waals surface area contributed by atoms with E-state index in [1.807, 2.05) is 31.2 Å². The number of carboxylic acid groups (broad SMARTS) is 1. The second-order valence-corrected chi connectivity index (χ2v) is 4.87. The number of hydrogen-bond donors (Lipinski definition) is 2. The monoisotopic (exact) mass is 276 g/mol. The molecule has 1 aromatic heterocycles. The largest absolute Gasteiger partial charge is 0.477 e. The minimum Gasteiger partial charge on any atom is -0.477 e. The van der Waals surface area contributed by atoms with Crippen LogP contribution in [0, 0.1) is 6.92 Å². The minimum absolute atomic E-state index is 0.0351. The van der Waals surface area contributed by atoms with Crippen LogP contribution >= 0.6 is 11.3 Å². The zero-order chi connectivity index (χ0) is 13.8. The lowest BCUT2D eigenvalue weighted by atomic mass is 10.2. The Morgan fingerprint density at radius 2 is 2.00 bits per heavy atom. The fourth-order valence-corrected chi connectivity index (χ4v) is 1.95. The molecule has 1 aromatic carbocycles. The summed E-state index contributed by atoms with van der Waals surface area (Å²) in [6.07, 6.45) is 0. The number of carbonyl (C=O) groups is 1. The Kier molecular flexibility index (Phi) is 3.86. The van der Waals surface area contributed by atoms with Gasteiger partial charge in [-0.05, 0) is 13.8 Å². The number of aromatic nitrogens is 2. The Morgan fingerprint density at radius 3 is 2.63 bits per heavy atom. The average Bonchev–Trinajstić information content (AvgIpc) is 2.85. The van der Waals surface area contributed by atoms with Gasteiger partial charge in [0.25, 0.3) is 0 Å². The lowest BCUT2D eigenvalue weighted by Gasteiger charge is -1.95. The van der Waals surface area contributed by atoms with Gasteiger partial charge < -0.3 is 5.11 Å². The number of nitrogens with zero attached hydrogens (tertiary/aromatic N) is 3. The van der Waals surface area contributed by atoms with E-state index in [1.54, 1.807) is 0 Å². The van der Waals surface area contributed by atoms with Gasteiger partial charge in [0, 0.05) is 5.56 Å².